The van der Waals surface area contributed by atoms with E-state index in [1.54, 1.807) is 4.90 Å². The number of carbonyl (C=O) groups is 1. The number of rotatable bonds is 3. The SMILES string of the molecule is Cc1ccc(CN(C)C(=O)C2(N)CCCCC2)c(C)c1. The van der Waals surface area contributed by atoms with Gasteiger partial charge in [0, 0.05) is 13.6 Å². The van der Waals surface area contributed by atoms with Gasteiger partial charge in [-0.25, -0.2) is 0 Å². The van der Waals surface area contributed by atoms with E-state index in [1.807, 2.05) is 7.05 Å². The molecule has 110 valence electrons. The highest BCUT2D eigenvalue weighted by Gasteiger charge is 2.37. The maximum absolute atomic E-state index is 12.6. The maximum Gasteiger partial charge on any atom is 0.242 e. The molecule has 0 atom stereocenters. The van der Waals surface area contributed by atoms with Crippen molar-refractivity contribution in [2.45, 2.75) is 58.0 Å². The van der Waals surface area contributed by atoms with Gasteiger partial charge in [-0.1, -0.05) is 43.0 Å². The van der Waals surface area contributed by atoms with Gasteiger partial charge in [-0.15, -0.1) is 0 Å². The van der Waals surface area contributed by atoms with Gasteiger partial charge in [0.05, 0.1) is 5.54 Å². The number of nitrogens with two attached hydrogens (primary N) is 1. The van der Waals surface area contributed by atoms with Gasteiger partial charge in [0.25, 0.3) is 0 Å². The number of hydrogen-bond acceptors (Lipinski definition) is 2. The van der Waals surface area contributed by atoms with Crippen molar-refractivity contribution < 1.29 is 4.79 Å². The van der Waals surface area contributed by atoms with E-state index in [-0.39, 0.29) is 5.91 Å². The first-order valence-electron chi connectivity index (χ1n) is 7.53. The summed E-state index contributed by atoms with van der Waals surface area (Å²) in [5, 5.41) is 0. The summed E-state index contributed by atoms with van der Waals surface area (Å²) in [7, 11) is 1.87. The van der Waals surface area contributed by atoms with Gasteiger partial charge in [-0.3, -0.25) is 4.79 Å². The summed E-state index contributed by atoms with van der Waals surface area (Å²) in [4.78, 5) is 14.4. The minimum Gasteiger partial charge on any atom is -0.340 e. The van der Waals surface area contributed by atoms with Crippen molar-refractivity contribution in [1.29, 1.82) is 0 Å². The van der Waals surface area contributed by atoms with Crippen LogP contribution in [0.2, 0.25) is 0 Å². The Morgan fingerprint density at radius 3 is 2.50 bits per heavy atom. The average molecular weight is 274 g/mol. The zero-order chi connectivity index (χ0) is 14.8. The van der Waals surface area contributed by atoms with Gasteiger partial charge in [0.15, 0.2) is 0 Å². The van der Waals surface area contributed by atoms with Gasteiger partial charge in [-0.2, -0.15) is 0 Å². The lowest BCUT2D eigenvalue weighted by atomic mass is 9.81. The van der Waals surface area contributed by atoms with Crippen LogP contribution in [-0.2, 0) is 11.3 Å². The van der Waals surface area contributed by atoms with Crippen molar-refractivity contribution >= 4 is 5.91 Å². The van der Waals surface area contributed by atoms with Crippen LogP contribution in [0.25, 0.3) is 0 Å². The molecule has 20 heavy (non-hydrogen) atoms. The predicted octanol–water partition coefficient (Wildman–Crippen LogP) is 2.92. The third-order valence-corrected chi connectivity index (χ3v) is 4.42. The van der Waals surface area contributed by atoms with E-state index in [4.69, 9.17) is 5.73 Å². The van der Waals surface area contributed by atoms with Gasteiger partial charge in [0.2, 0.25) is 5.91 Å². The standard InChI is InChI=1S/C17H26N2O/c1-13-7-8-15(14(2)11-13)12-19(3)16(20)17(18)9-5-4-6-10-17/h7-8,11H,4-6,9-10,12,18H2,1-3H3. The van der Waals surface area contributed by atoms with Crippen molar-refractivity contribution in [2.75, 3.05) is 7.05 Å². The molecule has 0 saturated heterocycles. The Morgan fingerprint density at radius 1 is 1.25 bits per heavy atom. The molecule has 2 N–H and O–H groups in total. The number of aryl methyl sites for hydroxylation is 2. The van der Waals surface area contributed by atoms with Gasteiger partial charge >= 0.3 is 0 Å². The largest absolute Gasteiger partial charge is 0.340 e. The van der Waals surface area contributed by atoms with Gasteiger partial charge < -0.3 is 10.6 Å². The second-order valence-corrected chi connectivity index (χ2v) is 6.31. The van der Waals surface area contributed by atoms with Crippen LogP contribution in [-0.4, -0.2) is 23.4 Å². The third kappa shape index (κ3) is 3.21. The topological polar surface area (TPSA) is 46.3 Å². The normalized spacial score (nSPS) is 17.8. The molecule has 0 aliphatic heterocycles. The quantitative estimate of drug-likeness (QED) is 0.921. The number of carbonyl (C=O) groups excluding carboxylic acids is 1. The highest BCUT2D eigenvalue weighted by molar-refractivity contribution is 5.86. The van der Waals surface area contributed by atoms with E-state index >= 15 is 0 Å². The maximum atomic E-state index is 12.6. The Hall–Kier alpha value is -1.35. The van der Waals surface area contributed by atoms with E-state index in [0.717, 1.165) is 25.7 Å². The van der Waals surface area contributed by atoms with E-state index in [0.29, 0.717) is 6.54 Å². The lowest BCUT2D eigenvalue weighted by Gasteiger charge is -2.35. The monoisotopic (exact) mass is 274 g/mol. The van der Waals surface area contributed by atoms with Crippen molar-refractivity contribution in [3.8, 4) is 0 Å². The fourth-order valence-corrected chi connectivity index (χ4v) is 3.13. The predicted molar refractivity (Wildman–Crippen MR) is 82.4 cm³/mol. The number of amides is 1. The first-order valence-corrected chi connectivity index (χ1v) is 7.53. The highest BCUT2D eigenvalue weighted by Crippen LogP contribution is 2.28. The second-order valence-electron chi connectivity index (χ2n) is 6.31. The molecule has 0 unspecified atom stereocenters. The van der Waals surface area contributed by atoms with Crippen LogP contribution in [0, 0.1) is 13.8 Å². The molecule has 0 bridgehead atoms. The van der Waals surface area contributed by atoms with E-state index in [2.05, 4.69) is 32.0 Å². The van der Waals surface area contributed by atoms with E-state index < -0.39 is 5.54 Å². The first-order chi connectivity index (χ1) is 9.42. The summed E-state index contributed by atoms with van der Waals surface area (Å²) in [6.45, 7) is 4.83. The summed E-state index contributed by atoms with van der Waals surface area (Å²) in [6, 6.07) is 6.37. The molecule has 0 aromatic heterocycles. The van der Waals surface area contributed by atoms with E-state index in [1.165, 1.54) is 23.1 Å². The van der Waals surface area contributed by atoms with Crippen LogP contribution in [0.15, 0.2) is 18.2 Å². The zero-order valence-corrected chi connectivity index (χ0v) is 12.9. The van der Waals surface area contributed by atoms with Gasteiger partial charge in [-0.05, 0) is 37.8 Å². The summed E-state index contributed by atoms with van der Waals surface area (Å²) in [5.41, 5.74) is 9.38. The smallest absolute Gasteiger partial charge is 0.242 e. The molecular formula is C17H26N2O. The fourth-order valence-electron chi connectivity index (χ4n) is 3.13. The Balaban J connectivity index is 2.07. The Kier molecular flexibility index (Phi) is 4.48. The molecule has 1 saturated carbocycles. The zero-order valence-electron chi connectivity index (χ0n) is 12.9. The number of nitrogens with zero attached hydrogens (tertiary/aromatic N) is 1. The number of hydrogen-bond donors (Lipinski definition) is 1. The minimum atomic E-state index is -0.633. The van der Waals surface area contributed by atoms with Crippen LogP contribution in [0.1, 0.15) is 48.8 Å². The molecule has 2 rings (SSSR count). The Bertz CT molecular complexity index is 490. The average Bonchev–Trinajstić information content (AvgIpc) is 2.42. The summed E-state index contributed by atoms with van der Waals surface area (Å²) >= 11 is 0. The lowest BCUT2D eigenvalue weighted by Crippen LogP contribution is -2.55. The van der Waals surface area contributed by atoms with Gasteiger partial charge in [0.1, 0.15) is 0 Å². The van der Waals surface area contributed by atoms with Crippen molar-refractivity contribution in [2.24, 2.45) is 5.73 Å². The molecule has 1 amide bonds. The molecule has 0 spiro atoms. The third-order valence-electron chi connectivity index (χ3n) is 4.42. The summed E-state index contributed by atoms with van der Waals surface area (Å²) in [5.74, 6) is 0.0946. The second kappa shape index (κ2) is 5.96. The van der Waals surface area contributed by atoms with Crippen LogP contribution in [0.3, 0.4) is 0 Å². The van der Waals surface area contributed by atoms with E-state index in [9.17, 15) is 4.79 Å². The molecular weight excluding hydrogens is 248 g/mol. The van der Waals surface area contributed by atoms with Crippen LogP contribution >= 0.6 is 0 Å². The molecule has 1 aromatic rings. The lowest BCUT2D eigenvalue weighted by molar-refractivity contribution is -0.137. The minimum absolute atomic E-state index is 0.0946. The molecule has 1 aliphatic rings. The molecule has 3 nitrogen and oxygen atoms in total. The molecule has 1 aliphatic carbocycles. The molecule has 0 heterocycles. The molecule has 1 fully saturated rings. The summed E-state index contributed by atoms with van der Waals surface area (Å²) < 4.78 is 0. The fraction of sp³-hybridized carbons (Fsp3) is 0.588. The van der Waals surface area contributed by atoms with Crippen molar-refractivity contribution in [3.63, 3.8) is 0 Å². The number of likely N-dealkylation sites (N-methyl/N-ethyl adjacent to an activating group) is 1. The molecule has 0 radical (unpaired) electrons. The highest BCUT2D eigenvalue weighted by atomic mass is 16.2. The van der Waals surface area contributed by atoms with Crippen molar-refractivity contribution in [3.05, 3.63) is 34.9 Å². The number of benzene rings is 1. The Morgan fingerprint density at radius 2 is 1.90 bits per heavy atom. The van der Waals surface area contributed by atoms with Crippen LogP contribution in [0.4, 0.5) is 0 Å². The van der Waals surface area contributed by atoms with Crippen LogP contribution < -0.4 is 5.73 Å². The molecule has 1 aromatic carbocycles. The summed E-state index contributed by atoms with van der Waals surface area (Å²) in [6.07, 6.45) is 4.98. The Labute approximate surface area is 122 Å². The van der Waals surface area contributed by atoms with Crippen molar-refractivity contribution in [1.82, 2.24) is 4.90 Å². The van der Waals surface area contributed by atoms with Crippen LogP contribution in [0.5, 0.6) is 0 Å². The molecule has 3 heteroatoms. The first kappa shape index (κ1) is 15.0.